The number of aliphatic hydroxyl groups is 2. The zero-order valence-corrected chi connectivity index (χ0v) is 44.0. The molecule has 2 unspecified atom stereocenters. The summed E-state index contributed by atoms with van der Waals surface area (Å²) in [7, 11) is 0. The largest absolute Gasteiger partial charge is 0.466 e. The van der Waals surface area contributed by atoms with Gasteiger partial charge in [-0.2, -0.15) is 0 Å². The second kappa shape index (κ2) is 55.2. The minimum atomic E-state index is -0.840. The number of carbonyl (C=O) groups is 2. The molecule has 0 spiro atoms. The third kappa shape index (κ3) is 51.8. The standard InChI is InChI=1S/C59H115NO5/c1-3-5-7-9-11-13-14-15-30-33-37-41-45-49-53-59(64)65-54-50-46-42-38-34-31-28-26-24-22-20-18-16-17-19-21-23-25-27-29-32-36-40-44-48-52-58(63)60-56(55-61)57(62)51-47-43-39-35-12-10-8-6-4-2/h47,51,56-57,61-62H,3-46,48-50,52-55H2,1-2H3,(H,60,63)/b51-47+. The fraction of sp³-hybridized carbons (Fsp3) is 0.932. The highest BCUT2D eigenvalue weighted by molar-refractivity contribution is 5.76. The first kappa shape index (κ1) is 63.6. The molecule has 2 atom stereocenters. The van der Waals surface area contributed by atoms with Crippen molar-refractivity contribution < 1.29 is 24.5 Å². The zero-order chi connectivity index (χ0) is 47.2. The van der Waals surface area contributed by atoms with Crippen LogP contribution in [0.3, 0.4) is 0 Å². The van der Waals surface area contributed by atoms with Gasteiger partial charge in [-0.15, -0.1) is 0 Å². The Morgan fingerprint density at radius 3 is 1.05 bits per heavy atom. The number of amides is 1. The predicted molar refractivity (Wildman–Crippen MR) is 283 cm³/mol. The molecule has 0 aliphatic heterocycles. The molecule has 1 amide bonds. The maximum Gasteiger partial charge on any atom is 0.305 e. The van der Waals surface area contributed by atoms with Crippen LogP contribution in [0.15, 0.2) is 12.2 Å². The van der Waals surface area contributed by atoms with Crippen LogP contribution in [0.25, 0.3) is 0 Å². The number of rotatable bonds is 55. The molecular formula is C59H115NO5. The summed E-state index contributed by atoms with van der Waals surface area (Å²) in [6.07, 6.45) is 65.4. The lowest BCUT2D eigenvalue weighted by Gasteiger charge is -2.20. The van der Waals surface area contributed by atoms with E-state index in [0.29, 0.717) is 19.4 Å². The fourth-order valence-corrected chi connectivity index (χ4v) is 9.28. The second-order valence-electron chi connectivity index (χ2n) is 20.3. The van der Waals surface area contributed by atoms with Crippen molar-refractivity contribution in [3.63, 3.8) is 0 Å². The lowest BCUT2D eigenvalue weighted by molar-refractivity contribution is -0.143. The molecule has 0 radical (unpaired) electrons. The van der Waals surface area contributed by atoms with Gasteiger partial charge in [0.15, 0.2) is 0 Å². The molecule has 0 aromatic carbocycles. The lowest BCUT2D eigenvalue weighted by Crippen LogP contribution is -2.45. The molecule has 0 bridgehead atoms. The van der Waals surface area contributed by atoms with Crippen molar-refractivity contribution in [1.29, 1.82) is 0 Å². The van der Waals surface area contributed by atoms with Crippen molar-refractivity contribution in [2.24, 2.45) is 0 Å². The van der Waals surface area contributed by atoms with Crippen molar-refractivity contribution >= 4 is 11.9 Å². The van der Waals surface area contributed by atoms with Gasteiger partial charge in [-0.05, 0) is 32.1 Å². The van der Waals surface area contributed by atoms with Gasteiger partial charge in [-0.1, -0.05) is 296 Å². The first-order valence-electron chi connectivity index (χ1n) is 29.5. The van der Waals surface area contributed by atoms with Crippen molar-refractivity contribution in [2.45, 2.75) is 341 Å². The first-order valence-corrected chi connectivity index (χ1v) is 29.5. The summed E-state index contributed by atoms with van der Waals surface area (Å²) in [5.41, 5.74) is 0. The number of hydrogen-bond donors (Lipinski definition) is 3. The quantitative estimate of drug-likeness (QED) is 0.0321. The van der Waals surface area contributed by atoms with E-state index in [-0.39, 0.29) is 18.5 Å². The number of nitrogens with one attached hydrogen (secondary N) is 1. The Balaban J connectivity index is 3.32. The number of carbonyl (C=O) groups excluding carboxylic acids is 2. The van der Waals surface area contributed by atoms with Crippen LogP contribution >= 0.6 is 0 Å². The Kier molecular flexibility index (Phi) is 54.0. The first-order chi connectivity index (χ1) is 32.0. The molecule has 3 N–H and O–H groups in total. The van der Waals surface area contributed by atoms with Gasteiger partial charge in [0.05, 0.1) is 25.4 Å². The summed E-state index contributed by atoms with van der Waals surface area (Å²) < 4.78 is 5.48. The normalized spacial score (nSPS) is 12.6. The highest BCUT2D eigenvalue weighted by Crippen LogP contribution is 2.18. The van der Waals surface area contributed by atoms with E-state index in [1.54, 1.807) is 6.08 Å². The minimum absolute atomic E-state index is 0.0184. The summed E-state index contributed by atoms with van der Waals surface area (Å²) >= 11 is 0. The monoisotopic (exact) mass is 918 g/mol. The van der Waals surface area contributed by atoms with E-state index in [0.717, 1.165) is 38.5 Å². The number of ether oxygens (including phenoxy) is 1. The fourth-order valence-electron chi connectivity index (χ4n) is 9.28. The van der Waals surface area contributed by atoms with E-state index >= 15 is 0 Å². The van der Waals surface area contributed by atoms with E-state index in [1.807, 2.05) is 6.08 Å². The van der Waals surface area contributed by atoms with Crippen LogP contribution in [0.4, 0.5) is 0 Å². The Labute approximate surface area is 406 Å². The van der Waals surface area contributed by atoms with Crippen LogP contribution in [0.5, 0.6) is 0 Å². The molecule has 6 heteroatoms. The highest BCUT2D eigenvalue weighted by atomic mass is 16.5. The maximum atomic E-state index is 12.4. The van der Waals surface area contributed by atoms with Crippen LogP contribution in [-0.2, 0) is 14.3 Å². The zero-order valence-electron chi connectivity index (χ0n) is 44.0. The van der Waals surface area contributed by atoms with E-state index in [9.17, 15) is 19.8 Å². The van der Waals surface area contributed by atoms with Crippen LogP contribution in [0, 0.1) is 0 Å². The molecule has 65 heavy (non-hydrogen) atoms. The molecule has 0 aliphatic carbocycles. The SMILES string of the molecule is CCCCCCCCC/C=C/C(O)C(CO)NC(=O)CCCCCCCCCCCCCCCCCCCCCCCCCCCOC(=O)CCCCCCCCCCCCCCCC. The molecule has 0 heterocycles. The Morgan fingerprint density at radius 1 is 0.415 bits per heavy atom. The van der Waals surface area contributed by atoms with Gasteiger partial charge in [-0.3, -0.25) is 9.59 Å². The van der Waals surface area contributed by atoms with Gasteiger partial charge in [-0.25, -0.2) is 0 Å². The van der Waals surface area contributed by atoms with Crippen LogP contribution in [0.2, 0.25) is 0 Å². The number of hydrogen-bond acceptors (Lipinski definition) is 5. The van der Waals surface area contributed by atoms with Crippen molar-refractivity contribution in [2.75, 3.05) is 13.2 Å². The summed E-state index contributed by atoms with van der Waals surface area (Å²) in [6, 6.07) is -0.623. The topological polar surface area (TPSA) is 95.9 Å². The molecule has 0 aromatic heterocycles. The summed E-state index contributed by atoms with van der Waals surface area (Å²) in [5.74, 6) is -0.0494. The second-order valence-corrected chi connectivity index (χ2v) is 20.3. The van der Waals surface area contributed by atoms with Crippen molar-refractivity contribution in [1.82, 2.24) is 5.32 Å². The summed E-state index contributed by atoms with van der Waals surface area (Å²) in [4.78, 5) is 24.4. The third-order valence-corrected chi connectivity index (χ3v) is 13.8. The van der Waals surface area contributed by atoms with Crippen molar-refractivity contribution in [3.8, 4) is 0 Å². The van der Waals surface area contributed by atoms with Gasteiger partial charge in [0.25, 0.3) is 0 Å². The lowest BCUT2D eigenvalue weighted by atomic mass is 10.0. The van der Waals surface area contributed by atoms with Gasteiger partial charge in [0, 0.05) is 12.8 Å². The average molecular weight is 919 g/mol. The predicted octanol–water partition coefficient (Wildman–Crippen LogP) is 18.1. The summed E-state index contributed by atoms with van der Waals surface area (Å²) in [6.45, 7) is 4.90. The number of unbranched alkanes of at least 4 members (excludes halogenated alkanes) is 44. The number of esters is 1. The van der Waals surface area contributed by atoms with E-state index in [4.69, 9.17) is 4.74 Å². The molecule has 0 fully saturated rings. The van der Waals surface area contributed by atoms with E-state index in [1.165, 1.54) is 263 Å². The van der Waals surface area contributed by atoms with Gasteiger partial charge >= 0.3 is 5.97 Å². The van der Waals surface area contributed by atoms with Crippen molar-refractivity contribution in [3.05, 3.63) is 12.2 Å². The Bertz CT molecular complexity index is 970. The maximum absolute atomic E-state index is 12.4. The van der Waals surface area contributed by atoms with Crippen LogP contribution in [-0.4, -0.2) is 47.4 Å². The van der Waals surface area contributed by atoms with Crippen LogP contribution < -0.4 is 5.32 Å². The third-order valence-electron chi connectivity index (χ3n) is 13.8. The Hall–Kier alpha value is -1.40. The molecular weight excluding hydrogens is 803 g/mol. The van der Waals surface area contributed by atoms with Gasteiger partial charge in [0.2, 0.25) is 5.91 Å². The number of allylic oxidation sites excluding steroid dienone is 1. The summed E-state index contributed by atoms with van der Waals surface area (Å²) in [5, 5.41) is 22.9. The average Bonchev–Trinajstić information content (AvgIpc) is 3.31. The molecule has 0 aromatic rings. The molecule has 386 valence electrons. The van der Waals surface area contributed by atoms with E-state index in [2.05, 4.69) is 19.2 Å². The molecule has 0 saturated heterocycles. The molecule has 6 nitrogen and oxygen atoms in total. The van der Waals surface area contributed by atoms with E-state index < -0.39 is 12.1 Å². The van der Waals surface area contributed by atoms with Gasteiger partial charge in [0.1, 0.15) is 0 Å². The molecule has 0 aliphatic rings. The highest BCUT2D eigenvalue weighted by Gasteiger charge is 2.18. The molecule has 0 saturated carbocycles. The molecule has 0 rings (SSSR count). The number of aliphatic hydroxyl groups excluding tert-OH is 2. The van der Waals surface area contributed by atoms with Crippen LogP contribution in [0.1, 0.15) is 328 Å². The smallest absolute Gasteiger partial charge is 0.305 e. The minimum Gasteiger partial charge on any atom is -0.466 e. The Morgan fingerprint density at radius 2 is 0.708 bits per heavy atom. The van der Waals surface area contributed by atoms with Gasteiger partial charge < -0.3 is 20.3 Å².